The zero-order valence-corrected chi connectivity index (χ0v) is 8.73. The van der Waals surface area contributed by atoms with Gasteiger partial charge in [-0.15, -0.1) is 0 Å². The Morgan fingerprint density at radius 1 is 1.40 bits per heavy atom. The van der Waals surface area contributed by atoms with E-state index in [1.807, 2.05) is 0 Å². The third kappa shape index (κ3) is 2.12. The third-order valence-electron chi connectivity index (χ3n) is 2.28. The fourth-order valence-electron chi connectivity index (χ4n) is 1.32. The van der Waals surface area contributed by atoms with Gasteiger partial charge in [0.2, 0.25) is 0 Å². The summed E-state index contributed by atoms with van der Waals surface area (Å²) in [6, 6.07) is 2.53. The SMILES string of the molecule is C=C(C(C)=O)c1c(F)ccc(CC)c1F. The summed E-state index contributed by atoms with van der Waals surface area (Å²) in [5.74, 6) is -1.86. The minimum Gasteiger partial charge on any atom is -0.295 e. The summed E-state index contributed by atoms with van der Waals surface area (Å²) in [6.45, 7) is 6.39. The molecule has 0 aromatic heterocycles. The average Bonchev–Trinajstić information content (AvgIpc) is 2.17. The summed E-state index contributed by atoms with van der Waals surface area (Å²) < 4.78 is 27.0. The molecule has 1 rings (SSSR count). The van der Waals surface area contributed by atoms with Crippen molar-refractivity contribution in [3.05, 3.63) is 41.5 Å². The maximum atomic E-state index is 13.7. The predicted octanol–water partition coefficient (Wildman–Crippen LogP) is 3.13. The first-order chi connectivity index (χ1) is 6.99. The fourth-order valence-corrected chi connectivity index (χ4v) is 1.32. The first-order valence-corrected chi connectivity index (χ1v) is 4.66. The molecule has 0 amide bonds. The van der Waals surface area contributed by atoms with Gasteiger partial charge in [0.1, 0.15) is 11.6 Å². The normalized spacial score (nSPS) is 10.1. The van der Waals surface area contributed by atoms with Crippen LogP contribution >= 0.6 is 0 Å². The van der Waals surface area contributed by atoms with E-state index in [2.05, 4.69) is 6.58 Å². The quantitative estimate of drug-likeness (QED) is 0.700. The lowest BCUT2D eigenvalue weighted by atomic mass is 9.99. The number of hydrogen-bond donors (Lipinski definition) is 0. The van der Waals surface area contributed by atoms with Gasteiger partial charge in [-0.3, -0.25) is 4.79 Å². The van der Waals surface area contributed by atoms with Crippen LogP contribution in [0.4, 0.5) is 8.78 Å². The first-order valence-electron chi connectivity index (χ1n) is 4.66. The van der Waals surface area contributed by atoms with Crippen molar-refractivity contribution < 1.29 is 13.6 Å². The molecule has 0 fully saturated rings. The van der Waals surface area contributed by atoms with E-state index in [1.54, 1.807) is 6.92 Å². The van der Waals surface area contributed by atoms with E-state index in [-0.39, 0.29) is 11.1 Å². The molecule has 0 aliphatic carbocycles. The molecule has 3 heteroatoms. The minimum absolute atomic E-state index is 0.125. The van der Waals surface area contributed by atoms with Crippen LogP contribution in [-0.2, 0) is 11.2 Å². The second kappa shape index (κ2) is 4.34. The lowest BCUT2D eigenvalue weighted by Gasteiger charge is -2.08. The van der Waals surface area contributed by atoms with Crippen LogP contribution in [0.15, 0.2) is 18.7 Å². The molecule has 0 radical (unpaired) electrons. The maximum Gasteiger partial charge on any atom is 0.160 e. The summed E-state index contributed by atoms with van der Waals surface area (Å²) in [6.07, 6.45) is 0.449. The highest BCUT2D eigenvalue weighted by atomic mass is 19.1. The maximum absolute atomic E-state index is 13.7. The van der Waals surface area contributed by atoms with Crippen molar-refractivity contribution in [2.75, 3.05) is 0 Å². The molecule has 80 valence electrons. The Labute approximate surface area is 87.4 Å². The molecule has 0 heterocycles. The van der Waals surface area contributed by atoms with Gasteiger partial charge >= 0.3 is 0 Å². The summed E-state index contributed by atoms with van der Waals surface area (Å²) in [5, 5.41) is 0. The van der Waals surface area contributed by atoms with E-state index in [9.17, 15) is 13.6 Å². The van der Waals surface area contributed by atoms with Crippen LogP contribution in [0.25, 0.3) is 5.57 Å². The number of carbonyl (C=O) groups excluding carboxylic acids is 1. The highest BCUT2D eigenvalue weighted by molar-refractivity contribution is 6.18. The van der Waals surface area contributed by atoms with Crippen molar-refractivity contribution in [1.82, 2.24) is 0 Å². The van der Waals surface area contributed by atoms with Crippen LogP contribution in [0, 0.1) is 11.6 Å². The van der Waals surface area contributed by atoms with Gasteiger partial charge in [-0.05, 0) is 25.0 Å². The van der Waals surface area contributed by atoms with Gasteiger partial charge in [-0.1, -0.05) is 19.6 Å². The Balaban J connectivity index is 3.39. The number of rotatable bonds is 3. The number of allylic oxidation sites excluding steroid dienone is 1. The Bertz CT molecular complexity index is 422. The molecular formula is C12H12F2O. The lowest BCUT2D eigenvalue weighted by Crippen LogP contribution is -2.03. The molecule has 0 unspecified atom stereocenters. The van der Waals surface area contributed by atoms with Crippen LogP contribution in [0.1, 0.15) is 25.0 Å². The van der Waals surface area contributed by atoms with E-state index in [0.717, 1.165) is 6.07 Å². The average molecular weight is 210 g/mol. The van der Waals surface area contributed by atoms with Gasteiger partial charge in [0.15, 0.2) is 5.78 Å². The standard InChI is InChI=1S/C12H12F2O/c1-4-9-5-6-10(13)11(12(9)14)7(2)8(3)15/h5-6H,2,4H2,1,3H3. The highest BCUT2D eigenvalue weighted by Gasteiger charge is 2.17. The second-order valence-electron chi connectivity index (χ2n) is 3.28. The lowest BCUT2D eigenvalue weighted by molar-refractivity contribution is -0.111. The zero-order valence-electron chi connectivity index (χ0n) is 8.73. The summed E-state index contributed by atoms with van der Waals surface area (Å²) in [7, 11) is 0. The van der Waals surface area contributed by atoms with Crippen molar-refractivity contribution in [3.63, 3.8) is 0 Å². The van der Waals surface area contributed by atoms with Gasteiger partial charge < -0.3 is 0 Å². The van der Waals surface area contributed by atoms with Gasteiger partial charge in [0.05, 0.1) is 5.56 Å². The van der Waals surface area contributed by atoms with E-state index in [0.29, 0.717) is 12.0 Å². The molecule has 0 atom stereocenters. The van der Waals surface area contributed by atoms with E-state index in [4.69, 9.17) is 0 Å². The van der Waals surface area contributed by atoms with Crippen LogP contribution < -0.4 is 0 Å². The molecule has 0 aliphatic heterocycles. The summed E-state index contributed by atoms with van der Waals surface area (Å²) in [4.78, 5) is 11.0. The van der Waals surface area contributed by atoms with Crippen molar-refractivity contribution in [3.8, 4) is 0 Å². The van der Waals surface area contributed by atoms with Crippen molar-refractivity contribution in [1.29, 1.82) is 0 Å². The minimum atomic E-state index is -0.745. The van der Waals surface area contributed by atoms with Gasteiger partial charge in [0, 0.05) is 5.57 Å². The van der Waals surface area contributed by atoms with E-state index >= 15 is 0 Å². The Morgan fingerprint density at radius 2 is 2.00 bits per heavy atom. The molecular weight excluding hydrogens is 198 g/mol. The molecule has 15 heavy (non-hydrogen) atoms. The van der Waals surface area contributed by atoms with E-state index < -0.39 is 17.4 Å². The molecule has 0 saturated heterocycles. The molecule has 0 bridgehead atoms. The number of hydrogen-bond acceptors (Lipinski definition) is 1. The van der Waals surface area contributed by atoms with Crippen LogP contribution in [0.2, 0.25) is 0 Å². The fraction of sp³-hybridized carbons (Fsp3) is 0.250. The van der Waals surface area contributed by atoms with Crippen molar-refractivity contribution >= 4 is 11.4 Å². The molecule has 0 spiro atoms. The highest BCUT2D eigenvalue weighted by Crippen LogP contribution is 2.24. The van der Waals surface area contributed by atoms with Crippen molar-refractivity contribution in [2.45, 2.75) is 20.3 Å². The van der Waals surface area contributed by atoms with Crippen LogP contribution in [0.3, 0.4) is 0 Å². The molecule has 1 nitrogen and oxygen atoms in total. The van der Waals surface area contributed by atoms with Gasteiger partial charge in [0.25, 0.3) is 0 Å². The number of benzene rings is 1. The van der Waals surface area contributed by atoms with Crippen LogP contribution in [-0.4, -0.2) is 5.78 Å². The molecule has 1 aromatic carbocycles. The number of ketones is 1. The second-order valence-corrected chi connectivity index (χ2v) is 3.28. The molecule has 0 N–H and O–H groups in total. The molecule has 0 saturated carbocycles. The molecule has 1 aromatic rings. The first kappa shape index (κ1) is 11.6. The number of aryl methyl sites for hydroxylation is 1. The zero-order chi connectivity index (χ0) is 11.6. The van der Waals surface area contributed by atoms with Gasteiger partial charge in [-0.25, -0.2) is 8.78 Å². The smallest absolute Gasteiger partial charge is 0.160 e. The van der Waals surface area contributed by atoms with E-state index in [1.165, 1.54) is 13.0 Å². The van der Waals surface area contributed by atoms with Crippen LogP contribution in [0.5, 0.6) is 0 Å². The Hall–Kier alpha value is -1.51. The molecule has 0 aliphatic rings. The summed E-state index contributed by atoms with van der Waals surface area (Å²) in [5.41, 5.74) is -0.0454. The summed E-state index contributed by atoms with van der Waals surface area (Å²) >= 11 is 0. The van der Waals surface area contributed by atoms with Gasteiger partial charge in [-0.2, -0.15) is 0 Å². The third-order valence-corrected chi connectivity index (χ3v) is 2.28. The number of Topliss-reactive ketones (excluding diaryl/α,β-unsaturated/α-hetero) is 1. The number of carbonyl (C=O) groups is 1. The Kier molecular flexibility index (Phi) is 3.35. The Morgan fingerprint density at radius 3 is 2.47 bits per heavy atom. The monoisotopic (exact) mass is 210 g/mol. The topological polar surface area (TPSA) is 17.1 Å². The number of halogens is 2. The van der Waals surface area contributed by atoms with Crippen molar-refractivity contribution in [2.24, 2.45) is 0 Å². The largest absolute Gasteiger partial charge is 0.295 e. The predicted molar refractivity (Wildman–Crippen MR) is 55.5 cm³/mol.